The first-order valence-electron chi connectivity index (χ1n) is 5.87. The fourth-order valence-corrected chi connectivity index (χ4v) is 2.06. The van der Waals surface area contributed by atoms with E-state index in [1.807, 2.05) is 6.07 Å². The zero-order valence-electron chi connectivity index (χ0n) is 10.8. The van der Waals surface area contributed by atoms with Crippen LogP contribution < -0.4 is 5.32 Å². The van der Waals surface area contributed by atoms with Crippen molar-refractivity contribution in [3.8, 4) is 6.07 Å². The lowest BCUT2D eigenvalue weighted by atomic mass is 10.1. The molecule has 1 aromatic rings. The molecule has 5 nitrogen and oxygen atoms in total. The largest absolute Gasteiger partial charge is 0.480 e. The number of methoxy groups -OCH3 is 1. The molecule has 0 aliphatic rings. The zero-order valence-corrected chi connectivity index (χ0v) is 12.4. The maximum absolute atomic E-state index is 14.0. The predicted molar refractivity (Wildman–Crippen MR) is 75.0 cm³/mol. The molecule has 0 fully saturated rings. The molecule has 0 aliphatic heterocycles. The lowest BCUT2D eigenvalue weighted by Gasteiger charge is -2.16. The van der Waals surface area contributed by atoms with Crippen molar-refractivity contribution in [1.29, 1.82) is 5.26 Å². The Hall–Kier alpha value is -1.65. The molecular weight excluding hydrogens is 331 g/mol. The standard InChI is InChI=1S/C13H14BrFN2O3/c1-20-6-2-3-10(13(18)19)17-9-5-4-8(7-16)11(14)12(9)15/h4-5,10,17H,2-3,6H2,1H3,(H,18,19). The molecule has 0 amide bonds. The molecule has 2 N–H and O–H groups in total. The van der Waals surface area contributed by atoms with Crippen molar-refractivity contribution >= 4 is 27.6 Å². The summed E-state index contributed by atoms with van der Waals surface area (Å²) in [5.41, 5.74) is 0.194. The van der Waals surface area contributed by atoms with Crippen LogP contribution in [0.3, 0.4) is 0 Å². The number of rotatable bonds is 7. The van der Waals surface area contributed by atoms with Crippen molar-refractivity contribution in [3.63, 3.8) is 0 Å². The van der Waals surface area contributed by atoms with Gasteiger partial charge in [0.15, 0.2) is 5.82 Å². The van der Waals surface area contributed by atoms with Crippen LogP contribution in [0.25, 0.3) is 0 Å². The lowest BCUT2D eigenvalue weighted by Crippen LogP contribution is -2.30. The first-order valence-corrected chi connectivity index (χ1v) is 6.67. The van der Waals surface area contributed by atoms with Crippen molar-refractivity contribution in [2.24, 2.45) is 0 Å². The molecule has 1 rings (SSSR count). The Balaban J connectivity index is 2.87. The number of hydrogen-bond donors (Lipinski definition) is 2. The summed E-state index contributed by atoms with van der Waals surface area (Å²) in [7, 11) is 1.53. The number of benzene rings is 1. The predicted octanol–water partition coefficient (Wildman–Crippen LogP) is 2.75. The maximum atomic E-state index is 14.0. The van der Waals surface area contributed by atoms with E-state index in [1.54, 1.807) is 0 Å². The first kappa shape index (κ1) is 16.4. The molecule has 0 saturated heterocycles. The van der Waals surface area contributed by atoms with Gasteiger partial charge in [0.25, 0.3) is 0 Å². The second kappa shape index (κ2) is 7.82. The minimum Gasteiger partial charge on any atom is -0.480 e. The van der Waals surface area contributed by atoms with Crippen LogP contribution in [0.2, 0.25) is 0 Å². The van der Waals surface area contributed by atoms with E-state index in [-0.39, 0.29) is 15.7 Å². The molecule has 1 unspecified atom stereocenters. The molecule has 0 heterocycles. The van der Waals surface area contributed by atoms with Crippen LogP contribution in [0, 0.1) is 17.1 Å². The Morgan fingerprint density at radius 1 is 1.65 bits per heavy atom. The average Bonchev–Trinajstić information content (AvgIpc) is 2.42. The van der Waals surface area contributed by atoms with Crippen LogP contribution >= 0.6 is 15.9 Å². The van der Waals surface area contributed by atoms with E-state index >= 15 is 0 Å². The monoisotopic (exact) mass is 344 g/mol. The molecule has 0 bridgehead atoms. The van der Waals surface area contributed by atoms with Gasteiger partial charge in [-0.1, -0.05) is 0 Å². The molecule has 20 heavy (non-hydrogen) atoms. The summed E-state index contributed by atoms with van der Waals surface area (Å²) in [6, 6.07) is 3.69. The van der Waals surface area contributed by atoms with Crippen LogP contribution in [0.15, 0.2) is 16.6 Å². The maximum Gasteiger partial charge on any atom is 0.326 e. The van der Waals surface area contributed by atoms with Gasteiger partial charge in [-0.05, 0) is 40.9 Å². The minimum atomic E-state index is -1.07. The van der Waals surface area contributed by atoms with Gasteiger partial charge < -0.3 is 15.2 Å². The molecule has 1 aromatic carbocycles. The summed E-state index contributed by atoms with van der Waals surface area (Å²) >= 11 is 2.98. The molecule has 0 aromatic heterocycles. The van der Waals surface area contributed by atoms with E-state index in [1.165, 1.54) is 19.2 Å². The number of nitrogens with one attached hydrogen (secondary N) is 1. The quantitative estimate of drug-likeness (QED) is 0.743. The fourth-order valence-electron chi connectivity index (χ4n) is 1.62. The van der Waals surface area contributed by atoms with E-state index in [0.29, 0.717) is 19.4 Å². The van der Waals surface area contributed by atoms with E-state index in [9.17, 15) is 9.18 Å². The van der Waals surface area contributed by atoms with Crippen LogP contribution in [0.4, 0.5) is 10.1 Å². The molecular formula is C13H14BrFN2O3. The van der Waals surface area contributed by atoms with Crippen LogP contribution in [0.5, 0.6) is 0 Å². The number of carboxylic acid groups (broad SMARTS) is 1. The summed E-state index contributed by atoms with van der Waals surface area (Å²) < 4.78 is 18.9. The van der Waals surface area contributed by atoms with E-state index < -0.39 is 17.8 Å². The van der Waals surface area contributed by atoms with Crippen LogP contribution in [0.1, 0.15) is 18.4 Å². The van der Waals surface area contributed by atoms with Crippen molar-refractivity contribution < 1.29 is 19.0 Å². The van der Waals surface area contributed by atoms with Crippen molar-refractivity contribution in [3.05, 3.63) is 28.0 Å². The first-order chi connectivity index (χ1) is 9.51. The van der Waals surface area contributed by atoms with Gasteiger partial charge >= 0.3 is 5.97 Å². The lowest BCUT2D eigenvalue weighted by molar-refractivity contribution is -0.138. The van der Waals surface area contributed by atoms with Gasteiger partial charge in [0, 0.05) is 13.7 Å². The third-order valence-electron chi connectivity index (χ3n) is 2.67. The van der Waals surface area contributed by atoms with Crippen LogP contribution in [-0.2, 0) is 9.53 Å². The Morgan fingerprint density at radius 2 is 2.35 bits per heavy atom. The molecule has 0 aliphatic carbocycles. The highest BCUT2D eigenvalue weighted by Gasteiger charge is 2.20. The molecule has 0 radical (unpaired) electrons. The molecule has 0 saturated carbocycles. The highest BCUT2D eigenvalue weighted by molar-refractivity contribution is 9.10. The molecule has 0 spiro atoms. The summed E-state index contributed by atoms with van der Waals surface area (Å²) in [6.07, 6.45) is 0.847. The van der Waals surface area contributed by atoms with Gasteiger partial charge in [-0.25, -0.2) is 9.18 Å². The Labute approximate surface area is 124 Å². The number of carbonyl (C=O) groups is 1. The number of nitriles is 1. The smallest absolute Gasteiger partial charge is 0.326 e. The Morgan fingerprint density at radius 3 is 2.90 bits per heavy atom. The second-order valence-electron chi connectivity index (χ2n) is 4.07. The van der Waals surface area contributed by atoms with Gasteiger partial charge in [-0.2, -0.15) is 5.26 Å². The second-order valence-corrected chi connectivity index (χ2v) is 4.86. The van der Waals surface area contributed by atoms with Crippen molar-refractivity contribution in [1.82, 2.24) is 0 Å². The Bertz CT molecular complexity index is 531. The number of anilines is 1. The number of carboxylic acids is 1. The minimum absolute atomic E-state index is 0.0195. The third-order valence-corrected chi connectivity index (χ3v) is 3.45. The van der Waals surface area contributed by atoms with Crippen molar-refractivity contribution in [2.75, 3.05) is 19.0 Å². The highest BCUT2D eigenvalue weighted by atomic mass is 79.9. The van der Waals surface area contributed by atoms with Gasteiger partial charge in [-0.15, -0.1) is 0 Å². The SMILES string of the molecule is COCCCC(Nc1ccc(C#N)c(Br)c1F)C(=O)O. The summed E-state index contributed by atoms with van der Waals surface area (Å²) in [5.74, 6) is -1.75. The number of nitrogens with zero attached hydrogens (tertiary/aromatic N) is 1. The Kier molecular flexibility index (Phi) is 6.42. The average molecular weight is 345 g/mol. The topological polar surface area (TPSA) is 82.3 Å². The highest BCUT2D eigenvalue weighted by Crippen LogP contribution is 2.27. The summed E-state index contributed by atoms with van der Waals surface area (Å²) in [4.78, 5) is 11.1. The van der Waals surface area contributed by atoms with Gasteiger partial charge in [0.1, 0.15) is 12.1 Å². The third kappa shape index (κ3) is 4.18. The summed E-state index contributed by atoms with van der Waals surface area (Å²) in [5, 5.41) is 20.5. The number of aliphatic carboxylic acids is 1. The number of ether oxygens (including phenoxy) is 1. The van der Waals surface area contributed by atoms with E-state index in [0.717, 1.165) is 0 Å². The molecule has 108 valence electrons. The fraction of sp³-hybridized carbons (Fsp3) is 0.385. The van der Waals surface area contributed by atoms with Crippen molar-refractivity contribution in [2.45, 2.75) is 18.9 Å². The zero-order chi connectivity index (χ0) is 15.1. The molecule has 1 atom stereocenters. The van der Waals surface area contributed by atoms with Gasteiger partial charge in [0.2, 0.25) is 0 Å². The normalized spacial score (nSPS) is 11.7. The van der Waals surface area contributed by atoms with Crippen LogP contribution in [-0.4, -0.2) is 30.8 Å². The number of hydrogen-bond acceptors (Lipinski definition) is 4. The number of halogens is 2. The van der Waals surface area contributed by atoms with Gasteiger partial charge in [0.05, 0.1) is 15.7 Å². The molecule has 7 heteroatoms. The van der Waals surface area contributed by atoms with Gasteiger partial charge in [-0.3, -0.25) is 0 Å². The van der Waals surface area contributed by atoms with E-state index in [2.05, 4.69) is 21.2 Å². The summed E-state index contributed by atoms with van der Waals surface area (Å²) in [6.45, 7) is 0.436. The van der Waals surface area contributed by atoms with E-state index in [4.69, 9.17) is 15.1 Å².